The van der Waals surface area contributed by atoms with E-state index in [1.54, 1.807) is 24.3 Å². The second-order valence-electron chi connectivity index (χ2n) is 4.03. The van der Waals surface area contributed by atoms with Crippen LogP contribution >= 0.6 is 35.4 Å². The lowest BCUT2D eigenvalue weighted by Gasteiger charge is -2.09. The lowest BCUT2D eigenvalue weighted by atomic mass is 10.2. The molecule has 20 heavy (non-hydrogen) atoms. The Hall–Kier alpha value is -1.36. The number of ether oxygens (including phenoxy) is 1. The average Bonchev–Trinajstić information content (AvgIpc) is 2.38. The molecule has 2 rings (SSSR count). The molecule has 0 saturated heterocycles. The molecule has 0 spiro atoms. The summed E-state index contributed by atoms with van der Waals surface area (Å²) in [5.41, 5.74) is 6.60. The molecule has 6 heteroatoms. The standard InChI is InChI=1S/C14H10Cl2FNOS/c15-10-3-1-9(11(16)6-10)7-19-13-4-2-8(14(18)20)5-12(13)17/h1-6H,7H2,(H2,18,20). The normalized spacial score (nSPS) is 10.3. The van der Waals surface area contributed by atoms with Gasteiger partial charge in [0.05, 0.1) is 0 Å². The first-order chi connectivity index (χ1) is 9.47. The minimum atomic E-state index is -0.527. The van der Waals surface area contributed by atoms with Crippen molar-refractivity contribution < 1.29 is 9.13 Å². The summed E-state index contributed by atoms with van der Waals surface area (Å²) in [5, 5.41) is 1.00. The van der Waals surface area contributed by atoms with Gasteiger partial charge in [-0.1, -0.05) is 41.5 Å². The number of halogens is 3. The Morgan fingerprint density at radius 3 is 2.55 bits per heavy atom. The first kappa shape index (κ1) is 15.0. The van der Waals surface area contributed by atoms with Crippen LogP contribution in [0.15, 0.2) is 36.4 Å². The summed E-state index contributed by atoms with van der Waals surface area (Å²) in [6.07, 6.45) is 0. The molecule has 0 bridgehead atoms. The molecule has 0 aliphatic carbocycles. The van der Waals surface area contributed by atoms with Gasteiger partial charge in [0, 0.05) is 21.2 Å². The molecule has 0 saturated carbocycles. The Balaban J connectivity index is 2.13. The highest BCUT2D eigenvalue weighted by Crippen LogP contribution is 2.24. The highest BCUT2D eigenvalue weighted by molar-refractivity contribution is 7.80. The van der Waals surface area contributed by atoms with E-state index in [2.05, 4.69) is 0 Å². The fourth-order valence-corrected chi connectivity index (χ4v) is 2.16. The van der Waals surface area contributed by atoms with Crippen LogP contribution in [0.3, 0.4) is 0 Å². The van der Waals surface area contributed by atoms with Gasteiger partial charge in [0.25, 0.3) is 0 Å². The van der Waals surface area contributed by atoms with Crippen LogP contribution in [0.4, 0.5) is 4.39 Å². The van der Waals surface area contributed by atoms with Crippen molar-refractivity contribution in [2.75, 3.05) is 0 Å². The molecule has 0 radical (unpaired) electrons. The molecule has 2 aromatic rings. The summed E-state index contributed by atoms with van der Waals surface area (Å²) < 4.78 is 19.2. The van der Waals surface area contributed by atoms with Crippen molar-refractivity contribution in [3.05, 3.63) is 63.4 Å². The van der Waals surface area contributed by atoms with Gasteiger partial charge >= 0.3 is 0 Å². The Kier molecular flexibility index (Phi) is 4.81. The Bertz CT molecular complexity index is 664. The van der Waals surface area contributed by atoms with Gasteiger partial charge in [0.1, 0.15) is 11.6 Å². The first-order valence-electron chi connectivity index (χ1n) is 5.63. The van der Waals surface area contributed by atoms with E-state index >= 15 is 0 Å². The van der Waals surface area contributed by atoms with Gasteiger partial charge in [0.15, 0.2) is 11.6 Å². The van der Waals surface area contributed by atoms with E-state index in [1.807, 2.05) is 0 Å². The van der Waals surface area contributed by atoms with Gasteiger partial charge in [-0.05, 0) is 30.3 Å². The number of nitrogens with two attached hydrogens (primary N) is 1. The second kappa shape index (κ2) is 6.39. The minimum Gasteiger partial charge on any atom is -0.486 e. The lowest BCUT2D eigenvalue weighted by molar-refractivity contribution is 0.290. The molecule has 0 aromatic heterocycles. The summed E-state index contributed by atoms with van der Waals surface area (Å²) in [5.74, 6) is -0.420. The molecule has 0 amide bonds. The zero-order chi connectivity index (χ0) is 14.7. The zero-order valence-corrected chi connectivity index (χ0v) is 12.5. The molecule has 0 fully saturated rings. The predicted octanol–water partition coefficient (Wildman–Crippen LogP) is 4.35. The SMILES string of the molecule is NC(=S)c1ccc(OCc2ccc(Cl)cc2Cl)c(F)c1. The van der Waals surface area contributed by atoms with Crippen molar-refractivity contribution in [1.82, 2.24) is 0 Å². The van der Waals surface area contributed by atoms with Crippen molar-refractivity contribution in [3.8, 4) is 5.75 Å². The maximum absolute atomic E-state index is 13.8. The Labute approximate surface area is 131 Å². The number of hydrogen-bond donors (Lipinski definition) is 1. The van der Waals surface area contributed by atoms with Crippen molar-refractivity contribution in [2.45, 2.75) is 6.61 Å². The van der Waals surface area contributed by atoms with Crippen molar-refractivity contribution in [3.63, 3.8) is 0 Å². The smallest absolute Gasteiger partial charge is 0.165 e. The fourth-order valence-electron chi connectivity index (χ4n) is 1.57. The minimum absolute atomic E-state index is 0.107. The highest BCUT2D eigenvalue weighted by atomic mass is 35.5. The van der Waals surface area contributed by atoms with Crippen LogP contribution in [-0.4, -0.2) is 4.99 Å². The van der Waals surface area contributed by atoms with E-state index in [4.69, 9.17) is 45.9 Å². The van der Waals surface area contributed by atoms with Crippen LogP contribution in [-0.2, 0) is 6.61 Å². The summed E-state index contributed by atoms with van der Waals surface area (Å²) in [7, 11) is 0. The monoisotopic (exact) mass is 329 g/mol. The molecule has 0 heterocycles. The first-order valence-corrected chi connectivity index (χ1v) is 6.80. The third-order valence-electron chi connectivity index (χ3n) is 2.61. The Morgan fingerprint density at radius 1 is 1.20 bits per heavy atom. The highest BCUT2D eigenvalue weighted by Gasteiger charge is 2.08. The molecule has 2 N–H and O–H groups in total. The number of hydrogen-bond acceptors (Lipinski definition) is 2. The summed E-state index contributed by atoms with van der Waals surface area (Å²) in [4.78, 5) is 0.135. The van der Waals surface area contributed by atoms with E-state index in [9.17, 15) is 4.39 Å². The van der Waals surface area contributed by atoms with Crippen LogP contribution < -0.4 is 10.5 Å². The topological polar surface area (TPSA) is 35.2 Å². The molecule has 2 nitrogen and oxygen atoms in total. The van der Waals surface area contributed by atoms with E-state index in [-0.39, 0.29) is 17.3 Å². The van der Waals surface area contributed by atoms with E-state index in [1.165, 1.54) is 12.1 Å². The van der Waals surface area contributed by atoms with Gasteiger partial charge in [-0.25, -0.2) is 4.39 Å². The van der Waals surface area contributed by atoms with Gasteiger partial charge in [-0.15, -0.1) is 0 Å². The second-order valence-corrected chi connectivity index (χ2v) is 5.32. The molecular formula is C14H10Cl2FNOS. The predicted molar refractivity (Wildman–Crippen MR) is 83.1 cm³/mol. The van der Waals surface area contributed by atoms with Gasteiger partial charge < -0.3 is 10.5 Å². The van der Waals surface area contributed by atoms with Crippen LogP contribution in [0.5, 0.6) is 5.75 Å². The molecule has 0 unspecified atom stereocenters. The third kappa shape index (κ3) is 3.60. The third-order valence-corrected chi connectivity index (χ3v) is 3.44. The summed E-state index contributed by atoms with van der Waals surface area (Å²) in [6, 6.07) is 9.34. The van der Waals surface area contributed by atoms with Gasteiger partial charge in [0.2, 0.25) is 0 Å². The van der Waals surface area contributed by atoms with Gasteiger partial charge in [-0.3, -0.25) is 0 Å². The van der Waals surface area contributed by atoms with E-state index < -0.39 is 5.82 Å². The number of benzene rings is 2. The number of rotatable bonds is 4. The van der Waals surface area contributed by atoms with E-state index in [0.29, 0.717) is 21.2 Å². The lowest BCUT2D eigenvalue weighted by Crippen LogP contribution is -2.09. The number of thiocarbonyl (C=S) groups is 1. The maximum atomic E-state index is 13.8. The Morgan fingerprint density at radius 2 is 1.95 bits per heavy atom. The zero-order valence-electron chi connectivity index (χ0n) is 10.2. The van der Waals surface area contributed by atoms with Crippen molar-refractivity contribution >= 4 is 40.4 Å². The molecule has 0 aliphatic rings. The average molecular weight is 330 g/mol. The van der Waals surface area contributed by atoms with Crippen LogP contribution in [0.25, 0.3) is 0 Å². The molecular weight excluding hydrogens is 320 g/mol. The van der Waals surface area contributed by atoms with E-state index in [0.717, 1.165) is 0 Å². The molecule has 0 aliphatic heterocycles. The summed E-state index contributed by atoms with van der Waals surface area (Å²) >= 11 is 16.6. The van der Waals surface area contributed by atoms with Crippen LogP contribution in [0, 0.1) is 5.82 Å². The maximum Gasteiger partial charge on any atom is 0.165 e. The van der Waals surface area contributed by atoms with Crippen molar-refractivity contribution in [1.29, 1.82) is 0 Å². The largest absolute Gasteiger partial charge is 0.486 e. The molecule has 104 valence electrons. The van der Waals surface area contributed by atoms with Gasteiger partial charge in [-0.2, -0.15) is 0 Å². The van der Waals surface area contributed by atoms with Crippen LogP contribution in [0.1, 0.15) is 11.1 Å². The van der Waals surface area contributed by atoms with Crippen molar-refractivity contribution in [2.24, 2.45) is 5.73 Å². The molecule has 2 aromatic carbocycles. The fraction of sp³-hybridized carbons (Fsp3) is 0.0714. The van der Waals surface area contributed by atoms with Crippen LogP contribution in [0.2, 0.25) is 10.0 Å². The molecule has 0 atom stereocenters. The summed E-state index contributed by atoms with van der Waals surface area (Å²) in [6.45, 7) is 0.138. The quantitative estimate of drug-likeness (QED) is 0.847.